The molecule has 0 aromatic carbocycles. The summed E-state index contributed by atoms with van der Waals surface area (Å²) < 4.78 is 0. The summed E-state index contributed by atoms with van der Waals surface area (Å²) in [7, 11) is -1.86. The summed E-state index contributed by atoms with van der Waals surface area (Å²) in [5.74, 6) is 3.22. The standard InChI is InChI=1S/C27H50NO2P/c1-21-8-5-9-24(14-15-25-11-7-13-27(29)23(25)3)10-6-12-26(21)22(2)20-28-16-18-31(4,30)19-17-28/h15,21-22,24,26-27,29-31H,3,5-14,16-20H2,1-2,4H3/b25-15-. The number of aliphatic hydroxyl groups is 1. The molecule has 0 radical (unpaired) electrons. The fraction of sp³-hybridized carbons (Fsp3) is 0.852. The summed E-state index contributed by atoms with van der Waals surface area (Å²) >= 11 is 0. The maximum absolute atomic E-state index is 10.4. The van der Waals surface area contributed by atoms with Crippen molar-refractivity contribution in [1.82, 2.24) is 4.90 Å². The maximum Gasteiger partial charge on any atom is 0.0787 e. The summed E-state index contributed by atoms with van der Waals surface area (Å²) in [5.41, 5.74) is 2.32. The Morgan fingerprint density at radius 1 is 1.10 bits per heavy atom. The van der Waals surface area contributed by atoms with Gasteiger partial charge in [0.25, 0.3) is 0 Å². The molecule has 0 aromatic heterocycles. The van der Waals surface area contributed by atoms with Crippen molar-refractivity contribution in [2.75, 3.05) is 38.6 Å². The number of allylic oxidation sites excluding steroid dienone is 1. The van der Waals surface area contributed by atoms with Crippen molar-refractivity contribution in [3.05, 3.63) is 23.8 Å². The minimum atomic E-state index is -1.86. The molecular formula is C27H50NO2P. The Bertz CT molecular complexity index is 606. The van der Waals surface area contributed by atoms with Gasteiger partial charge in [0.05, 0.1) is 6.10 Å². The van der Waals surface area contributed by atoms with Crippen LogP contribution in [0.2, 0.25) is 0 Å². The molecule has 5 unspecified atom stereocenters. The van der Waals surface area contributed by atoms with E-state index in [0.29, 0.717) is 0 Å². The first-order valence-electron chi connectivity index (χ1n) is 13.3. The van der Waals surface area contributed by atoms with Crippen LogP contribution in [-0.4, -0.2) is 59.6 Å². The first-order chi connectivity index (χ1) is 14.7. The molecule has 180 valence electrons. The van der Waals surface area contributed by atoms with E-state index >= 15 is 0 Å². The van der Waals surface area contributed by atoms with E-state index < -0.39 is 7.49 Å². The second-order valence-electron chi connectivity index (χ2n) is 11.5. The summed E-state index contributed by atoms with van der Waals surface area (Å²) in [6.45, 7) is 14.7. The Morgan fingerprint density at radius 3 is 2.48 bits per heavy atom. The fourth-order valence-corrected chi connectivity index (χ4v) is 8.28. The SMILES string of the molecule is C=C1/C(=C\CC2CCCC(C)C(C(C)CN3CC[PH](C)(O)CC3)CCC2)CCCC1O. The molecule has 0 amide bonds. The van der Waals surface area contributed by atoms with E-state index in [1.807, 2.05) is 0 Å². The number of rotatable bonds is 5. The van der Waals surface area contributed by atoms with E-state index in [0.717, 1.165) is 73.9 Å². The van der Waals surface area contributed by atoms with E-state index in [-0.39, 0.29) is 6.10 Å². The van der Waals surface area contributed by atoms with E-state index in [4.69, 9.17) is 0 Å². The van der Waals surface area contributed by atoms with Crippen LogP contribution in [-0.2, 0) is 0 Å². The van der Waals surface area contributed by atoms with Crippen LogP contribution in [0.4, 0.5) is 0 Å². The zero-order valence-corrected chi connectivity index (χ0v) is 21.6. The van der Waals surface area contributed by atoms with Gasteiger partial charge in [-0.25, -0.2) is 0 Å². The van der Waals surface area contributed by atoms with E-state index in [9.17, 15) is 10.00 Å². The van der Waals surface area contributed by atoms with Crippen LogP contribution in [0, 0.1) is 23.7 Å². The van der Waals surface area contributed by atoms with Gasteiger partial charge in [0.15, 0.2) is 0 Å². The van der Waals surface area contributed by atoms with Crippen molar-refractivity contribution in [3.8, 4) is 0 Å². The fourth-order valence-electron chi connectivity index (χ4n) is 6.43. The minimum absolute atomic E-state index is 0.308. The number of nitrogens with zero attached hydrogens (tertiary/aromatic N) is 1. The van der Waals surface area contributed by atoms with Crippen molar-refractivity contribution in [3.63, 3.8) is 0 Å². The normalized spacial score (nSPS) is 36.9. The molecule has 2 N–H and O–H groups in total. The van der Waals surface area contributed by atoms with Crippen LogP contribution in [0.1, 0.15) is 78.1 Å². The van der Waals surface area contributed by atoms with Crippen molar-refractivity contribution in [1.29, 1.82) is 0 Å². The van der Waals surface area contributed by atoms with Crippen LogP contribution < -0.4 is 0 Å². The topological polar surface area (TPSA) is 43.7 Å². The Morgan fingerprint density at radius 2 is 1.77 bits per heavy atom. The van der Waals surface area contributed by atoms with Gasteiger partial charge in [-0.15, -0.1) is 0 Å². The number of aliphatic hydroxyl groups excluding tert-OH is 1. The third kappa shape index (κ3) is 7.66. The molecule has 1 heterocycles. The van der Waals surface area contributed by atoms with Crippen LogP contribution >= 0.6 is 7.49 Å². The molecule has 0 bridgehead atoms. The first-order valence-corrected chi connectivity index (χ1v) is 16.1. The molecule has 0 spiro atoms. The smallest absolute Gasteiger partial charge is 0.0787 e. The van der Waals surface area contributed by atoms with Crippen molar-refractivity contribution < 1.29 is 10.00 Å². The molecule has 4 heteroatoms. The maximum atomic E-state index is 10.4. The molecule has 3 rings (SSSR count). The molecule has 1 aliphatic heterocycles. The Kier molecular flexibility index (Phi) is 9.65. The third-order valence-corrected chi connectivity index (χ3v) is 11.4. The second-order valence-corrected chi connectivity index (χ2v) is 15.5. The number of hydrogen-bond donors (Lipinski definition) is 2. The van der Waals surface area contributed by atoms with Gasteiger partial charge in [-0.05, 0) is 30.4 Å². The van der Waals surface area contributed by atoms with Gasteiger partial charge in [-0.1, -0.05) is 6.58 Å². The molecule has 1 saturated heterocycles. The molecule has 2 saturated carbocycles. The Labute approximate surface area is 192 Å². The Hall–Kier alpha value is -0.210. The second kappa shape index (κ2) is 11.8. The molecule has 31 heavy (non-hydrogen) atoms. The van der Waals surface area contributed by atoms with E-state index in [2.05, 4.69) is 38.1 Å². The first kappa shape index (κ1) is 25.4. The molecule has 3 nitrogen and oxygen atoms in total. The molecular weight excluding hydrogens is 401 g/mol. The predicted octanol–water partition coefficient (Wildman–Crippen LogP) is 5.87. The average molecular weight is 452 g/mol. The zero-order valence-electron chi connectivity index (χ0n) is 20.6. The van der Waals surface area contributed by atoms with Gasteiger partial charge < -0.3 is 5.11 Å². The molecule has 3 fully saturated rings. The van der Waals surface area contributed by atoms with Crippen LogP contribution in [0.25, 0.3) is 0 Å². The van der Waals surface area contributed by atoms with Crippen LogP contribution in [0.3, 0.4) is 0 Å². The summed E-state index contributed by atoms with van der Waals surface area (Å²) in [5, 5.41) is 10.1. The monoisotopic (exact) mass is 451 g/mol. The summed E-state index contributed by atoms with van der Waals surface area (Å²) in [6, 6.07) is 0. The van der Waals surface area contributed by atoms with Gasteiger partial charge >= 0.3 is 144 Å². The van der Waals surface area contributed by atoms with Gasteiger partial charge in [0.1, 0.15) is 0 Å². The molecule has 0 aromatic rings. The number of hydrogen-bond acceptors (Lipinski definition) is 3. The van der Waals surface area contributed by atoms with Crippen molar-refractivity contribution in [2.24, 2.45) is 23.7 Å². The third-order valence-electron chi connectivity index (χ3n) is 8.80. The van der Waals surface area contributed by atoms with Crippen molar-refractivity contribution >= 4 is 7.49 Å². The predicted molar refractivity (Wildman–Crippen MR) is 137 cm³/mol. The van der Waals surface area contributed by atoms with Gasteiger partial charge in [0, 0.05) is 0 Å². The van der Waals surface area contributed by atoms with Crippen LogP contribution in [0.5, 0.6) is 0 Å². The minimum Gasteiger partial charge on any atom is -0.388 e. The summed E-state index contributed by atoms with van der Waals surface area (Å²) in [6.07, 6.45) is 16.7. The van der Waals surface area contributed by atoms with E-state index in [1.54, 1.807) is 0 Å². The van der Waals surface area contributed by atoms with E-state index in [1.165, 1.54) is 57.1 Å². The quantitative estimate of drug-likeness (QED) is 0.514. The Balaban J connectivity index is 1.49. The van der Waals surface area contributed by atoms with Crippen LogP contribution in [0.15, 0.2) is 23.8 Å². The van der Waals surface area contributed by atoms with Gasteiger partial charge in [-0.3, -0.25) is 0 Å². The average Bonchev–Trinajstić information content (AvgIpc) is 2.81. The summed E-state index contributed by atoms with van der Waals surface area (Å²) in [4.78, 5) is 13.0. The largest absolute Gasteiger partial charge is 0.388 e. The zero-order chi connectivity index (χ0) is 22.4. The molecule has 2 aliphatic carbocycles. The van der Waals surface area contributed by atoms with Gasteiger partial charge in [0.2, 0.25) is 0 Å². The van der Waals surface area contributed by atoms with Crippen molar-refractivity contribution in [2.45, 2.75) is 84.2 Å². The van der Waals surface area contributed by atoms with Gasteiger partial charge in [-0.2, -0.15) is 0 Å². The molecule has 5 atom stereocenters. The molecule has 3 aliphatic rings.